The Hall–Kier alpha value is -3.34. The van der Waals surface area contributed by atoms with Crippen LogP contribution in [-0.4, -0.2) is 45.0 Å². The van der Waals surface area contributed by atoms with Crippen molar-refractivity contribution in [3.8, 4) is 11.3 Å². The molecule has 3 rings (SSSR count). The fourth-order valence-electron chi connectivity index (χ4n) is 3.36. The number of carboxylic acid groups (broad SMARTS) is 1. The summed E-state index contributed by atoms with van der Waals surface area (Å²) < 4.78 is 57.5. The van der Waals surface area contributed by atoms with Crippen LogP contribution in [0, 0.1) is 24.1 Å². The monoisotopic (exact) mass is 478 g/mol. The summed E-state index contributed by atoms with van der Waals surface area (Å²) in [5, 5.41) is 9.59. The Morgan fingerprint density at radius 2 is 1.94 bits per heavy atom. The SMILES string of the molecule is Cc1cncc(S(=O)(=O)n2cc(CN(CC(C)(C)C)C(=O)O)c(F)c2-c2cccnc2F)c1. The molecule has 0 aliphatic rings. The summed E-state index contributed by atoms with van der Waals surface area (Å²) >= 11 is 0. The van der Waals surface area contributed by atoms with Gasteiger partial charge in [-0.05, 0) is 36.1 Å². The van der Waals surface area contributed by atoms with Crippen molar-refractivity contribution in [2.45, 2.75) is 39.1 Å². The van der Waals surface area contributed by atoms with Gasteiger partial charge in [0.25, 0.3) is 10.0 Å². The lowest BCUT2D eigenvalue weighted by Crippen LogP contribution is -2.36. The Balaban J connectivity index is 2.23. The lowest BCUT2D eigenvalue weighted by molar-refractivity contribution is 0.122. The molecule has 176 valence electrons. The average molecular weight is 479 g/mol. The van der Waals surface area contributed by atoms with Crippen LogP contribution < -0.4 is 0 Å². The molecule has 0 atom stereocenters. The van der Waals surface area contributed by atoms with Gasteiger partial charge in [0, 0.05) is 36.9 Å². The van der Waals surface area contributed by atoms with E-state index in [0.717, 1.165) is 23.5 Å². The van der Waals surface area contributed by atoms with Crippen molar-refractivity contribution < 1.29 is 27.1 Å². The number of aryl methyl sites for hydroxylation is 1. The minimum atomic E-state index is -4.40. The van der Waals surface area contributed by atoms with Gasteiger partial charge in [0.15, 0.2) is 5.82 Å². The zero-order valence-electron chi connectivity index (χ0n) is 18.6. The normalized spacial score (nSPS) is 12.1. The van der Waals surface area contributed by atoms with Gasteiger partial charge in [-0.15, -0.1) is 0 Å². The summed E-state index contributed by atoms with van der Waals surface area (Å²) in [5.74, 6) is -2.11. The number of pyridine rings is 2. The molecule has 1 N–H and O–H groups in total. The highest BCUT2D eigenvalue weighted by atomic mass is 32.2. The van der Waals surface area contributed by atoms with Gasteiger partial charge in [0.2, 0.25) is 5.95 Å². The molecule has 0 saturated carbocycles. The lowest BCUT2D eigenvalue weighted by atomic mass is 9.96. The van der Waals surface area contributed by atoms with Crippen molar-refractivity contribution in [3.05, 3.63) is 65.9 Å². The average Bonchev–Trinajstić information content (AvgIpc) is 3.03. The first-order valence-corrected chi connectivity index (χ1v) is 11.4. The van der Waals surface area contributed by atoms with Gasteiger partial charge < -0.3 is 10.0 Å². The number of halogens is 2. The van der Waals surface area contributed by atoms with Crippen LogP contribution >= 0.6 is 0 Å². The molecule has 0 spiro atoms. The summed E-state index contributed by atoms with van der Waals surface area (Å²) in [5.41, 5.74) is -1.04. The Morgan fingerprint density at radius 3 is 2.52 bits per heavy atom. The van der Waals surface area contributed by atoms with Crippen molar-refractivity contribution in [2.75, 3.05) is 6.54 Å². The van der Waals surface area contributed by atoms with Crippen molar-refractivity contribution in [3.63, 3.8) is 0 Å². The number of hydrogen-bond acceptors (Lipinski definition) is 5. The first-order chi connectivity index (χ1) is 15.3. The van der Waals surface area contributed by atoms with Crippen molar-refractivity contribution >= 4 is 16.1 Å². The van der Waals surface area contributed by atoms with Crippen LogP contribution in [0.1, 0.15) is 31.9 Å². The quantitative estimate of drug-likeness (QED) is 0.530. The minimum Gasteiger partial charge on any atom is -0.465 e. The number of hydrogen-bond donors (Lipinski definition) is 1. The van der Waals surface area contributed by atoms with Gasteiger partial charge in [-0.2, -0.15) is 4.39 Å². The van der Waals surface area contributed by atoms with Crippen LogP contribution in [0.15, 0.2) is 47.9 Å². The fraction of sp³-hybridized carbons (Fsp3) is 0.318. The van der Waals surface area contributed by atoms with Gasteiger partial charge in [-0.25, -0.2) is 26.6 Å². The van der Waals surface area contributed by atoms with Gasteiger partial charge in [-0.1, -0.05) is 20.8 Å². The number of carbonyl (C=O) groups is 1. The molecule has 3 aromatic rings. The molecule has 0 unspecified atom stereocenters. The third kappa shape index (κ3) is 5.19. The highest BCUT2D eigenvalue weighted by molar-refractivity contribution is 7.90. The molecule has 0 aromatic carbocycles. The Labute approximate surface area is 190 Å². The van der Waals surface area contributed by atoms with E-state index in [1.165, 1.54) is 24.4 Å². The smallest absolute Gasteiger partial charge is 0.407 e. The molecule has 1 amide bonds. The molecule has 33 heavy (non-hydrogen) atoms. The summed E-state index contributed by atoms with van der Waals surface area (Å²) in [6.07, 6.45) is 3.40. The van der Waals surface area contributed by atoms with E-state index in [1.54, 1.807) is 6.92 Å². The molecule has 0 saturated heterocycles. The molecule has 3 aromatic heterocycles. The third-order valence-electron chi connectivity index (χ3n) is 4.70. The second kappa shape index (κ2) is 8.89. The minimum absolute atomic E-state index is 0.0675. The topological polar surface area (TPSA) is 105 Å². The van der Waals surface area contributed by atoms with Crippen LogP contribution in [0.4, 0.5) is 13.6 Å². The van der Waals surface area contributed by atoms with Gasteiger partial charge >= 0.3 is 6.09 Å². The maximum Gasteiger partial charge on any atom is 0.407 e. The Bertz CT molecular complexity index is 1300. The molecule has 11 heteroatoms. The zero-order valence-corrected chi connectivity index (χ0v) is 19.4. The van der Waals surface area contributed by atoms with Gasteiger partial charge in [-0.3, -0.25) is 4.98 Å². The van der Waals surface area contributed by atoms with Gasteiger partial charge in [0.1, 0.15) is 10.6 Å². The number of nitrogens with zero attached hydrogens (tertiary/aromatic N) is 4. The third-order valence-corrected chi connectivity index (χ3v) is 6.33. The van der Waals surface area contributed by atoms with E-state index >= 15 is 4.39 Å². The van der Waals surface area contributed by atoms with Crippen LogP contribution in [0.25, 0.3) is 11.3 Å². The molecule has 0 aliphatic carbocycles. The maximum absolute atomic E-state index is 15.6. The van der Waals surface area contributed by atoms with Crippen molar-refractivity contribution in [1.82, 2.24) is 18.8 Å². The number of rotatable bonds is 6. The first-order valence-electron chi connectivity index (χ1n) is 9.97. The van der Waals surface area contributed by atoms with Crippen LogP contribution in [0.2, 0.25) is 0 Å². The van der Waals surface area contributed by atoms with Crippen LogP contribution in [-0.2, 0) is 16.6 Å². The van der Waals surface area contributed by atoms with E-state index in [2.05, 4.69) is 9.97 Å². The summed E-state index contributed by atoms with van der Waals surface area (Å²) in [6, 6.07) is 3.90. The molecular formula is C22H24F2N4O4S. The second-order valence-electron chi connectivity index (χ2n) is 8.86. The van der Waals surface area contributed by atoms with E-state index in [1.807, 2.05) is 20.8 Å². The first kappa shape index (κ1) is 24.3. The lowest BCUT2D eigenvalue weighted by Gasteiger charge is -2.27. The van der Waals surface area contributed by atoms with Crippen LogP contribution in [0.5, 0.6) is 0 Å². The largest absolute Gasteiger partial charge is 0.465 e. The molecule has 0 radical (unpaired) electrons. The van der Waals surface area contributed by atoms with E-state index in [-0.39, 0.29) is 22.6 Å². The number of amides is 1. The van der Waals surface area contributed by atoms with E-state index in [9.17, 15) is 22.7 Å². The maximum atomic E-state index is 15.6. The molecule has 0 fully saturated rings. The Morgan fingerprint density at radius 1 is 1.24 bits per heavy atom. The summed E-state index contributed by atoms with van der Waals surface area (Å²) in [6.45, 7) is 6.73. The molecule has 8 nitrogen and oxygen atoms in total. The predicted molar refractivity (Wildman–Crippen MR) is 117 cm³/mol. The Kier molecular flexibility index (Phi) is 6.55. The molecule has 3 heterocycles. The standard InChI is InChI=1S/C22H24F2N4O4S/c1-14-8-16(10-25-9-14)33(31,32)28-12-15(11-27(21(29)30)13-22(2,3)4)18(23)19(28)17-6-5-7-26-20(17)24/h5-10,12H,11,13H2,1-4H3,(H,29,30). The zero-order chi connectivity index (χ0) is 24.6. The second-order valence-corrected chi connectivity index (χ2v) is 10.7. The van der Waals surface area contributed by atoms with Crippen LogP contribution in [0.3, 0.4) is 0 Å². The molecular weight excluding hydrogens is 454 g/mol. The van der Waals surface area contributed by atoms with E-state index in [0.29, 0.717) is 9.54 Å². The number of aromatic nitrogens is 3. The predicted octanol–water partition coefficient (Wildman–Crippen LogP) is 4.29. The van der Waals surface area contributed by atoms with Crippen molar-refractivity contribution in [2.24, 2.45) is 5.41 Å². The van der Waals surface area contributed by atoms with Gasteiger partial charge in [0.05, 0.1) is 12.1 Å². The highest BCUT2D eigenvalue weighted by Crippen LogP contribution is 2.33. The van der Waals surface area contributed by atoms with E-state index < -0.39 is 45.5 Å². The molecule has 0 bridgehead atoms. The van der Waals surface area contributed by atoms with E-state index in [4.69, 9.17) is 0 Å². The highest BCUT2D eigenvalue weighted by Gasteiger charge is 2.31. The fourth-order valence-corrected chi connectivity index (χ4v) is 4.80. The molecule has 0 aliphatic heterocycles. The summed E-state index contributed by atoms with van der Waals surface area (Å²) in [7, 11) is -4.40. The summed E-state index contributed by atoms with van der Waals surface area (Å²) in [4.78, 5) is 19.9. The van der Waals surface area contributed by atoms with Crippen molar-refractivity contribution in [1.29, 1.82) is 0 Å².